The number of aryl methyl sites for hydroxylation is 1. The zero-order valence-electron chi connectivity index (χ0n) is 17.5. The summed E-state index contributed by atoms with van der Waals surface area (Å²) >= 11 is 0. The van der Waals surface area contributed by atoms with Crippen LogP contribution in [0.15, 0.2) is 33.9 Å². The molecule has 154 valence electrons. The van der Waals surface area contributed by atoms with E-state index in [0.29, 0.717) is 36.1 Å². The fraction of sp³-hybridized carbons (Fsp3) is 0.476. The number of hydrogen-bond acceptors (Lipinski definition) is 5. The van der Waals surface area contributed by atoms with Crippen LogP contribution in [0.5, 0.6) is 5.75 Å². The van der Waals surface area contributed by atoms with Crippen LogP contribution in [0.4, 0.5) is 11.6 Å². The van der Waals surface area contributed by atoms with Crippen molar-refractivity contribution in [2.24, 2.45) is 18.9 Å². The summed E-state index contributed by atoms with van der Waals surface area (Å²) in [5.74, 6) is 1.94. The molecule has 8 heteroatoms. The largest absolute Gasteiger partial charge is 0.497 e. The first-order chi connectivity index (χ1) is 13.8. The Morgan fingerprint density at radius 1 is 1.24 bits per heavy atom. The zero-order chi connectivity index (χ0) is 20.9. The SMILES string of the molecule is COc1cccc(N2C[C@@H](C)Cn3c2nc2c3c(=O)n(CC(C)C)c(=O)n2C)c1. The normalized spacial score (nSPS) is 16.5. The van der Waals surface area contributed by atoms with Crippen molar-refractivity contribution in [2.45, 2.75) is 33.9 Å². The molecule has 4 rings (SSSR count). The van der Waals surface area contributed by atoms with Gasteiger partial charge in [-0.2, -0.15) is 4.98 Å². The minimum absolute atomic E-state index is 0.189. The van der Waals surface area contributed by atoms with Gasteiger partial charge in [-0.1, -0.05) is 26.8 Å². The Balaban J connectivity index is 1.98. The molecule has 0 amide bonds. The Bertz CT molecular complexity index is 1190. The van der Waals surface area contributed by atoms with E-state index in [1.54, 1.807) is 14.2 Å². The predicted octanol–water partition coefficient (Wildman–Crippen LogP) is 2.35. The molecule has 1 aliphatic heterocycles. The molecule has 0 saturated heterocycles. The van der Waals surface area contributed by atoms with Crippen molar-refractivity contribution < 1.29 is 4.74 Å². The number of fused-ring (bicyclic) bond motifs is 3. The lowest BCUT2D eigenvalue weighted by Crippen LogP contribution is -2.41. The summed E-state index contributed by atoms with van der Waals surface area (Å²) in [6.45, 7) is 7.97. The fourth-order valence-corrected chi connectivity index (χ4v) is 4.03. The number of rotatable bonds is 4. The summed E-state index contributed by atoms with van der Waals surface area (Å²) in [4.78, 5) is 32.9. The van der Waals surface area contributed by atoms with Crippen LogP contribution in [0, 0.1) is 11.8 Å². The molecule has 1 atom stereocenters. The maximum absolute atomic E-state index is 13.3. The molecule has 8 nitrogen and oxygen atoms in total. The van der Waals surface area contributed by atoms with Gasteiger partial charge in [-0.25, -0.2) is 4.79 Å². The van der Waals surface area contributed by atoms with E-state index in [4.69, 9.17) is 9.72 Å². The van der Waals surface area contributed by atoms with Gasteiger partial charge in [-0.15, -0.1) is 0 Å². The van der Waals surface area contributed by atoms with Crippen LogP contribution in [0.3, 0.4) is 0 Å². The third-order valence-corrected chi connectivity index (χ3v) is 5.35. The molecule has 0 fully saturated rings. The maximum Gasteiger partial charge on any atom is 0.332 e. The highest BCUT2D eigenvalue weighted by Gasteiger charge is 2.30. The standard InChI is InChI=1S/C21H27N5O3/c1-13(2)10-26-19(27)17-18(23(4)21(26)28)22-20-24(11-14(3)12-25(17)20)15-7-6-8-16(9-15)29-5/h6-9,13-14H,10-12H2,1-5H3/t14-/m1/s1. The van der Waals surface area contributed by atoms with Gasteiger partial charge < -0.3 is 14.2 Å². The maximum atomic E-state index is 13.3. The number of benzene rings is 1. The van der Waals surface area contributed by atoms with Gasteiger partial charge in [-0.05, 0) is 24.0 Å². The van der Waals surface area contributed by atoms with E-state index in [1.165, 1.54) is 9.13 Å². The van der Waals surface area contributed by atoms with Crippen molar-refractivity contribution in [3.8, 4) is 5.75 Å². The first kappa shape index (κ1) is 19.3. The molecule has 0 N–H and O–H groups in total. The van der Waals surface area contributed by atoms with Crippen LogP contribution in [0.25, 0.3) is 11.2 Å². The molecule has 0 spiro atoms. The third kappa shape index (κ3) is 3.12. The van der Waals surface area contributed by atoms with Gasteiger partial charge >= 0.3 is 5.69 Å². The van der Waals surface area contributed by atoms with E-state index in [0.717, 1.165) is 18.0 Å². The Labute approximate surface area is 169 Å². The lowest BCUT2D eigenvalue weighted by atomic mass is 10.1. The van der Waals surface area contributed by atoms with Gasteiger partial charge in [-0.3, -0.25) is 13.9 Å². The number of methoxy groups -OCH3 is 1. The monoisotopic (exact) mass is 397 g/mol. The lowest BCUT2D eigenvalue weighted by Gasteiger charge is -2.33. The number of anilines is 2. The molecule has 2 aromatic heterocycles. The Hall–Kier alpha value is -3.03. The Kier molecular flexibility index (Phi) is 4.72. The van der Waals surface area contributed by atoms with Crippen molar-refractivity contribution in [1.82, 2.24) is 18.7 Å². The number of imidazole rings is 1. The summed E-state index contributed by atoms with van der Waals surface area (Å²) in [6, 6.07) is 7.79. The highest BCUT2D eigenvalue weighted by atomic mass is 16.5. The highest BCUT2D eigenvalue weighted by Crippen LogP contribution is 2.34. The van der Waals surface area contributed by atoms with Gasteiger partial charge in [0.15, 0.2) is 11.2 Å². The number of hydrogen-bond donors (Lipinski definition) is 0. The van der Waals surface area contributed by atoms with Crippen LogP contribution in [0.1, 0.15) is 20.8 Å². The Morgan fingerprint density at radius 2 is 2.00 bits per heavy atom. The number of nitrogens with zero attached hydrogens (tertiary/aromatic N) is 5. The van der Waals surface area contributed by atoms with Crippen LogP contribution < -0.4 is 20.9 Å². The van der Waals surface area contributed by atoms with Crippen molar-refractivity contribution in [2.75, 3.05) is 18.6 Å². The predicted molar refractivity (Wildman–Crippen MR) is 113 cm³/mol. The van der Waals surface area contributed by atoms with E-state index >= 15 is 0 Å². The van der Waals surface area contributed by atoms with Gasteiger partial charge in [0.2, 0.25) is 5.95 Å². The second-order valence-corrected chi connectivity index (χ2v) is 8.26. The van der Waals surface area contributed by atoms with E-state index in [1.807, 2.05) is 42.7 Å². The van der Waals surface area contributed by atoms with Gasteiger partial charge in [0.05, 0.1) is 7.11 Å². The van der Waals surface area contributed by atoms with Gasteiger partial charge in [0, 0.05) is 38.4 Å². The quantitative estimate of drug-likeness (QED) is 0.676. The molecular formula is C21H27N5O3. The summed E-state index contributed by atoms with van der Waals surface area (Å²) in [7, 11) is 3.32. The molecule has 29 heavy (non-hydrogen) atoms. The first-order valence-corrected chi connectivity index (χ1v) is 9.93. The molecule has 0 aliphatic carbocycles. The van der Waals surface area contributed by atoms with Crippen LogP contribution in [-0.4, -0.2) is 32.3 Å². The summed E-state index contributed by atoms with van der Waals surface area (Å²) in [5, 5.41) is 0. The fourth-order valence-electron chi connectivity index (χ4n) is 4.03. The van der Waals surface area contributed by atoms with Crippen LogP contribution in [-0.2, 0) is 20.1 Å². The average molecular weight is 397 g/mol. The molecule has 0 saturated carbocycles. The van der Waals surface area contributed by atoms with Gasteiger partial charge in [0.1, 0.15) is 5.75 Å². The lowest BCUT2D eigenvalue weighted by molar-refractivity contribution is 0.414. The topological polar surface area (TPSA) is 74.3 Å². The molecule has 1 aromatic carbocycles. The van der Waals surface area contributed by atoms with Gasteiger partial charge in [0.25, 0.3) is 5.56 Å². The first-order valence-electron chi connectivity index (χ1n) is 9.93. The van der Waals surface area contributed by atoms with E-state index in [-0.39, 0.29) is 17.2 Å². The zero-order valence-corrected chi connectivity index (χ0v) is 17.5. The van der Waals surface area contributed by atoms with Crippen LogP contribution in [0.2, 0.25) is 0 Å². The molecule has 0 bridgehead atoms. The van der Waals surface area contributed by atoms with E-state index < -0.39 is 0 Å². The minimum Gasteiger partial charge on any atom is -0.497 e. The second-order valence-electron chi connectivity index (χ2n) is 8.26. The van der Waals surface area contributed by atoms with E-state index in [9.17, 15) is 9.59 Å². The van der Waals surface area contributed by atoms with Crippen molar-refractivity contribution in [1.29, 1.82) is 0 Å². The second kappa shape index (κ2) is 7.09. The van der Waals surface area contributed by atoms with E-state index in [2.05, 4.69) is 11.8 Å². The summed E-state index contributed by atoms with van der Waals surface area (Å²) in [6.07, 6.45) is 0. The average Bonchev–Trinajstić information content (AvgIpc) is 3.08. The van der Waals surface area contributed by atoms with Crippen molar-refractivity contribution in [3.05, 3.63) is 45.1 Å². The minimum atomic E-state index is -0.326. The Morgan fingerprint density at radius 3 is 2.69 bits per heavy atom. The molecule has 0 unspecified atom stereocenters. The molecule has 3 aromatic rings. The molecule has 0 radical (unpaired) electrons. The summed E-state index contributed by atoms with van der Waals surface area (Å²) in [5.41, 5.74) is 1.27. The molecule has 1 aliphatic rings. The van der Waals surface area contributed by atoms with Crippen molar-refractivity contribution in [3.63, 3.8) is 0 Å². The number of aromatic nitrogens is 4. The summed E-state index contributed by atoms with van der Waals surface area (Å²) < 4.78 is 10.1. The van der Waals surface area contributed by atoms with Crippen LogP contribution >= 0.6 is 0 Å². The molecule has 3 heterocycles. The molecular weight excluding hydrogens is 370 g/mol. The third-order valence-electron chi connectivity index (χ3n) is 5.35. The highest BCUT2D eigenvalue weighted by molar-refractivity contribution is 5.77. The number of ether oxygens (including phenoxy) is 1. The smallest absolute Gasteiger partial charge is 0.332 e. The van der Waals surface area contributed by atoms with Crippen molar-refractivity contribution >= 4 is 22.8 Å².